The Kier molecular flexibility index (Phi) is 5.09. The van der Waals surface area contributed by atoms with Crippen molar-refractivity contribution in [2.75, 3.05) is 4.90 Å². The molecule has 3 aromatic carbocycles. The zero-order valence-corrected chi connectivity index (χ0v) is 17.2. The third kappa shape index (κ3) is 3.55. The van der Waals surface area contributed by atoms with Gasteiger partial charge in [0.05, 0.1) is 6.04 Å². The van der Waals surface area contributed by atoms with Crippen LogP contribution in [0.2, 0.25) is 10.0 Å². The lowest BCUT2D eigenvalue weighted by atomic mass is 9.86. The first kappa shape index (κ1) is 18.3. The van der Waals surface area contributed by atoms with Gasteiger partial charge in [-0.3, -0.25) is 9.69 Å². The summed E-state index contributed by atoms with van der Waals surface area (Å²) in [5.74, 6) is -0.0304. The molecule has 1 saturated heterocycles. The fourth-order valence-electron chi connectivity index (χ4n) is 3.20. The first-order chi connectivity index (χ1) is 13.0. The van der Waals surface area contributed by atoms with Gasteiger partial charge in [0.2, 0.25) is 0 Å². The van der Waals surface area contributed by atoms with Gasteiger partial charge in [-0.2, -0.15) is 0 Å². The van der Waals surface area contributed by atoms with Gasteiger partial charge < -0.3 is 0 Å². The lowest BCUT2D eigenvalue weighted by Crippen LogP contribution is -2.49. The minimum absolute atomic E-state index is 0.0304. The van der Waals surface area contributed by atoms with Gasteiger partial charge in [-0.25, -0.2) is 0 Å². The van der Waals surface area contributed by atoms with E-state index in [0.29, 0.717) is 15.6 Å². The highest BCUT2D eigenvalue weighted by atomic mass is 79.9. The fraction of sp³-hybridized carbons (Fsp3) is 0.0455. The van der Waals surface area contributed by atoms with Crippen molar-refractivity contribution in [3.05, 3.63) is 104 Å². The van der Waals surface area contributed by atoms with Crippen LogP contribution in [0.1, 0.15) is 17.2 Å². The van der Waals surface area contributed by atoms with Crippen molar-refractivity contribution in [1.82, 2.24) is 0 Å². The summed E-state index contributed by atoms with van der Waals surface area (Å²) >= 11 is 15.7. The third-order valence-corrected chi connectivity index (χ3v) is 5.60. The highest BCUT2D eigenvalue weighted by Crippen LogP contribution is 2.44. The fourth-order valence-corrected chi connectivity index (χ4v) is 3.93. The van der Waals surface area contributed by atoms with Crippen LogP contribution in [0.5, 0.6) is 0 Å². The van der Waals surface area contributed by atoms with Gasteiger partial charge in [0, 0.05) is 25.8 Å². The number of anilines is 1. The first-order valence-electron chi connectivity index (χ1n) is 8.35. The number of β-lactam (4-membered cyclic amide) rings is 1. The Morgan fingerprint density at radius 1 is 0.926 bits per heavy atom. The molecule has 5 heteroatoms. The van der Waals surface area contributed by atoms with E-state index in [9.17, 15) is 4.79 Å². The van der Waals surface area contributed by atoms with E-state index < -0.39 is 0 Å². The standard InChI is InChI=1S/C22H14BrCl2NO/c23-16-7-10-18(11-8-16)26-21(14-4-2-1-3-5-14)19(22(26)27)12-15-6-9-17(24)13-20(15)25/h1-13,21H/b19-12-. The van der Waals surface area contributed by atoms with Crippen molar-refractivity contribution < 1.29 is 4.79 Å². The molecule has 1 aliphatic rings. The summed E-state index contributed by atoms with van der Waals surface area (Å²) in [5.41, 5.74) is 3.39. The summed E-state index contributed by atoms with van der Waals surface area (Å²) < 4.78 is 0.971. The Bertz CT molecular complexity index is 1030. The van der Waals surface area contributed by atoms with Crippen molar-refractivity contribution in [1.29, 1.82) is 0 Å². The minimum atomic E-state index is -0.161. The predicted octanol–water partition coefficient (Wildman–Crippen LogP) is 6.93. The van der Waals surface area contributed by atoms with Crippen molar-refractivity contribution in [3.63, 3.8) is 0 Å². The molecule has 2 nitrogen and oxygen atoms in total. The van der Waals surface area contributed by atoms with Gasteiger partial charge in [0.15, 0.2) is 0 Å². The summed E-state index contributed by atoms with van der Waals surface area (Å²) in [6.45, 7) is 0. The van der Waals surface area contributed by atoms with Crippen LogP contribution < -0.4 is 4.90 Å². The van der Waals surface area contributed by atoms with Gasteiger partial charge in [-0.1, -0.05) is 75.5 Å². The molecule has 0 spiro atoms. The number of hydrogen-bond donors (Lipinski definition) is 0. The molecule has 4 rings (SSSR count). The van der Waals surface area contributed by atoms with E-state index in [1.54, 1.807) is 17.0 Å². The molecule has 134 valence electrons. The van der Waals surface area contributed by atoms with Crippen LogP contribution in [0, 0.1) is 0 Å². The lowest BCUT2D eigenvalue weighted by Gasteiger charge is -2.43. The molecule has 0 N–H and O–H groups in total. The van der Waals surface area contributed by atoms with E-state index in [4.69, 9.17) is 23.2 Å². The predicted molar refractivity (Wildman–Crippen MR) is 115 cm³/mol. The van der Waals surface area contributed by atoms with Crippen molar-refractivity contribution in [2.24, 2.45) is 0 Å². The first-order valence-corrected chi connectivity index (χ1v) is 9.90. The number of amides is 1. The number of carbonyl (C=O) groups excluding carboxylic acids is 1. The molecule has 0 radical (unpaired) electrons. The minimum Gasteiger partial charge on any atom is -0.297 e. The maximum absolute atomic E-state index is 13.0. The van der Waals surface area contributed by atoms with Crippen LogP contribution >= 0.6 is 39.1 Å². The van der Waals surface area contributed by atoms with Gasteiger partial charge in [0.25, 0.3) is 5.91 Å². The molecule has 0 aliphatic carbocycles. The normalized spacial score (nSPS) is 17.9. The number of carbonyl (C=O) groups is 1. The van der Waals surface area contributed by atoms with E-state index in [0.717, 1.165) is 21.3 Å². The second-order valence-electron chi connectivity index (χ2n) is 6.23. The van der Waals surface area contributed by atoms with Crippen LogP contribution in [-0.4, -0.2) is 5.91 Å². The lowest BCUT2D eigenvalue weighted by molar-refractivity contribution is -0.118. The molecule has 3 aromatic rings. The molecule has 1 heterocycles. The Balaban J connectivity index is 1.78. The smallest absolute Gasteiger partial charge is 0.257 e. The highest BCUT2D eigenvalue weighted by Gasteiger charge is 2.43. The average molecular weight is 459 g/mol. The Morgan fingerprint density at radius 3 is 2.30 bits per heavy atom. The highest BCUT2D eigenvalue weighted by molar-refractivity contribution is 9.10. The SMILES string of the molecule is O=C1/C(=C\c2ccc(Cl)cc2Cl)C(c2ccccc2)N1c1ccc(Br)cc1. The number of hydrogen-bond acceptors (Lipinski definition) is 1. The summed E-state index contributed by atoms with van der Waals surface area (Å²) in [4.78, 5) is 14.8. The van der Waals surface area contributed by atoms with Gasteiger partial charge >= 0.3 is 0 Å². The van der Waals surface area contributed by atoms with Crippen LogP contribution in [-0.2, 0) is 4.79 Å². The Morgan fingerprint density at radius 2 is 1.63 bits per heavy atom. The monoisotopic (exact) mass is 457 g/mol. The molecular formula is C22H14BrCl2NO. The number of halogens is 3. The molecule has 1 aliphatic heterocycles. The number of nitrogens with zero attached hydrogens (tertiary/aromatic N) is 1. The van der Waals surface area contributed by atoms with Crippen molar-refractivity contribution in [2.45, 2.75) is 6.04 Å². The van der Waals surface area contributed by atoms with E-state index in [2.05, 4.69) is 15.9 Å². The largest absolute Gasteiger partial charge is 0.297 e. The summed E-state index contributed by atoms with van der Waals surface area (Å²) in [6.07, 6.45) is 1.86. The Labute approximate surface area is 176 Å². The second-order valence-corrected chi connectivity index (χ2v) is 7.99. The Hall–Kier alpha value is -2.07. The van der Waals surface area contributed by atoms with Crippen LogP contribution in [0.25, 0.3) is 6.08 Å². The van der Waals surface area contributed by atoms with E-state index in [1.807, 2.05) is 66.7 Å². The molecule has 0 aromatic heterocycles. The summed E-state index contributed by atoms with van der Waals surface area (Å²) in [7, 11) is 0. The summed E-state index contributed by atoms with van der Waals surface area (Å²) in [5, 5.41) is 1.09. The van der Waals surface area contributed by atoms with Gasteiger partial charge in [-0.15, -0.1) is 0 Å². The maximum Gasteiger partial charge on any atom is 0.257 e. The molecule has 0 saturated carbocycles. The zero-order chi connectivity index (χ0) is 19.0. The molecule has 1 fully saturated rings. The van der Waals surface area contributed by atoms with E-state index in [-0.39, 0.29) is 11.9 Å². The van der Waals surface area contributed by atoms with E-state index >= 15 is 0 Å². The maximum atomic E-state index is 13.0. The van der Waals surface area contributed by atoms with Gasteiger partial charge in [0.1, 0.15) is 0 Å². The number of benzene rings is 3. The zero-order valence-electron chi connectivity index (χ0n) is 14.1. The van der Waals surface area contributed by atoms with Crippen molar-refractivity contribution in [3.8, 4) is 0 Å². The molecule has 1 unspecified atom stereocenters. The number of rotatable bonds is 3. The van der Waals surface area contributed by atoms with Crippen LogP contribution in [0.4, 0.5) is 5.69 Å². The van der Waals surface area contributed by atoms with Crippen LogP contribution in [0.15, 0.2) is 82.8 Å². The van der Waals surface area contributed by atoms with Crippen molar-refractivity contribution >= 4 is 56.8 Å². The molecule has 1 amide bonds. The molecule has 1 atom stereocenters. The summed E-state index contributed by atoms with van der Waals surface area (Å²) in [6, 6.07) is 22.8. The molecule has 0 bridgehead atoms. The third-order valence-electron chi connectivity index (χ3n) is 4.51. The van der Waals surface area contributed by atoms with Crippen LogP contribution in [0.3, 0.4) is 0 Å². The quantitative estimate of drug-likeness (QED) is 0.308. The molecular weight excluding hydrogens is 445 g/mol. The van der Waals surface area contributed by atoms with E-state index in [1.165, 1.54) is 0 Å². The topological polar surface area (TPSA) is 20.3 Å². The molecule has 27 heavy (non-hydrogen) atoms. The van der Waals surface area contributed by atoms with Gasteiger partial charge in [-0.05, 0) is 53.6 Å². The second kappa shape index (κ2) is 7.51. The average Bonchev–Trinajstić information content (AvgIpc) is 2.67.